The Balaban J connectivity index is 1.70. The molecule has 1 saturated heterocycles. The fourth-order valence-electron chi connectivity index (χ4n) is 2.47. The van der Waals surface area contributed by atoms with E-state index in [-0.39, 0.29) is 17.2 Å². The number of hydrogen-bond acceptors (Lipinski definition) is 6. The fourth-order valence-corrected chi connectivity index (χ4v) is 4.81. The molecule has 2 N–H and O–H groups in total. The van der Waals surface area contributed by atoms with Gasteiger partial charge in [0.25, 0.3) is 11.1 Å². The summed E-state index contributed by atoms with van der Waals surface area (Å²) in [6.45, 7) is -0.384. The maximum absolute atomic E-state index is 12.6. The quantitative estimate of drug-likeness (QED) is 0.396. The second kappa shape index (κ2) is 9.18. The van der Waals surface area contributed by atoms with Crippen LogP contribution in [0.1, 0.15) is 5.56 Å². The third-order valence-corrected chi connectivity index (χ3v) is 6.22. The van der Waals surface area contributed by atoms with E-state index in [1.54, 1.807) is 49.6 Å². The molecule has 0 bridgehead atoms. The van der Waals surface area contributed by atoms with Crippen LogP contribution < -0.4 is 10.1 Å². The molecule has 150 valence electrons. The van der Waals surface area contributed by atoms with Gasteiger partial charge in [0, 0.05) is 5.69 Å². The number of halogens is 2. The van der Waals surface area contributed by atoms with Gasteiger partial charge in [0.1, 0.15) is 18.0 Å². The van der Waals surface area contributed by atoms with Crippen LogP contribution in [-0.2, 0) is 9.59 Å². The predicted molar refractivity (Wildman–Crippen MR) is 123 cm³/mol. The number of hydrogen-bond donors (Lipinski definition) is 2. The summed E-state index contributed by atoms with van der Waals surface area (Å²) < 4.78 is 6.13. The van der Waals surface area contributed by atoms with Gasteiger partial charge in [0.15, 0.2) is 0 Å². The maximum atomic E-state index is 12.6. The molecule has 1 fully saturated rings. The topological polar surface area (TPSA) is 95.9 Å². The summed E-state index contributed by atoms with van der Waals surface area (Å²) in [5.41, 5.74) is 1.18. The first-order valence-corrected chi connectivity index (χ1v) is 10.8. The summed E-state index contributed by atoms with van der Waals surface area (Å²) in [6, 6.07) is 10.0. The number of imide groups is 1. The van der Waals surface area contributed by atoms with Gasteiger partial charge in [0.05, 0.1) is 20.1 Å². The smallest absolute Gasteiger partial charge is 0.294 e. The van der Waals surface area contributed by atoms with Crippen LogP contribution in [0.15, 0.2) is 45.8 Å². The molecule has 10 heteroatoms. The van der Waals surface area contributed by atoms with E-state index in [0.717, 1.165) is 16.7 Å². The molecule has 0 unspecified atom stereocenters. The molecule has 29 heavy (non-hydrogen) atoms. The summed E-state index contributed by atoms with van der Waals surface area (Å²) in [5.74, 6) is -0.273. The predicted octanol–water partition coefficient (Wildman–Crippen LogP) is 4.44. The number of ether oxygens (including phenoxy) is 1. The summed E-state index contributed by atoms with van der Waals surface area (Å²) in [4.78, 5) is 38.2. The summed E-state index contributed by atoms with van der Waals surface area (Å²) >= 11 is 5.98. The minimum Gasteiger partial charge on any atom is -0.506 e. The molecule has 3 rings (SSSR count). The number of methoxy groups -OCH3 is 1. The Morgan fingerprint density at radius 1 is 1.31 bits per heavy atom. The highest BCUT2D eigenvalue weighted by molar-refractivity contribution is 14.1. The third-order valence-electron chi connectivity index (χ3n) is 3.89. The lowest BCUT2D eigenvalue weighted by molar-refractivity contribution is -0.127. The first-order chi connectivity index (χ1) is 13.8. The second-order valence-electron chi connectivity index (χ2n) is 5.88. The molecule has 0 saturated carbocycles. The average Bonchev–Trinajstić information content (AvgIpc) is 2.94. The molecule has 1 aliphatic heterocycles. The lowest BCUT2D eigenvalue weighted by Gasteiger charge is -2.12. The van der Waals surface area contributed by atoms with Crippen molar-refractivity contribution in [1.82, 2.24) is 4.90 Å². The van der Waals surface area contributed by atoms with Crippen LogP contribution in [0.3, 0.4) is 0 Å². The van der Waals surface area contributed by atoms with Crippen LogP contribution >= 0.6 is 50.3 Å². The second-order valence-corrected chi connectivity index (χ2v) is 8.89. The summed E-state index contributed by atoms with van der Waals surface area (Å²) in [7, 11) is 1.54. The zero-order valence-corrected chi connectivity index (χ0v) is 19.5. The van der Waals surface area contributed by atoms with E-state index in [2.05, 4.69) is 21.2 Å². The van der Waals surface area contributed by atoms with Crippen LogP contribution in [0.2, 0.25) is 0 Å². The van der Waals surface area contributed by atoms with Gasteiger partial charge in [-0.2, -0.15) is 0 Å². The Labute approximate surface area is 192 Å². The molecular formula is C19H14BrIN2O5S. The van der Waals surface area contributed by atoms with Crippen LogP contribution in [0.5, 0.6) is 11.5 Å². The van der Waals surface area contributed by atoms with Gasteiger partial charge in [-0.15, -0.1) is 0 Å². The highest BCUT2D eigenvalue weighted by Crippen LogP contribution is 2.35. The molecule has 0 aliphatic carbocycles. The molecule has 0 atom stereocenters. The highest BCUT2D eigenvalue weighted by Gasteiger charge is 2.36. The molecular weight excluding hydrogens is 575 g/mol. The Kier molecular flexibility index (Phi) is 6.85. The van der Waals surface area contributed by atoms with Crippen molar-refractivity contribution in [3.05, 3.63) is 54.9 Å². The number of phenolic OH excluding ortho intramolecular Hbond substituents is 1. The van der Waals surface area contributed by atoms with Crippen molar-refractivity contribution in [2.24, 2.45) is 0 Å². The third kappa shape index (κ3) is 5.11. The van der Waals surface area contributed by atoms with Gasteiger partial charge < -0.3 is 15.2 Å². The van der Waals surface area contributed by atoms with E-state index in [0.29, 0.717) is 25.0 Å². The molecule has 7 nitrogen and oxygen atoms in total. The van der Waals surface area contributed by atoms with Crippen LogP contribution in [-0.4, -0.2) is 40.7 Å². The largest absolute Gasteiger partial charge is 0.506 e. The standard InChI is InChI=1S/C19H14BrIN2O5S/c1-28-12-4-2-11(3-5-12)22-16(24)9-23-18(26)15(29-19(23)27)8-10-6-13(20)17(25)14(21)7-10/h2-8,25H,9H2,1H3,(H,22,24)/b15-8+. The van der Waals surface area contributed by atoms with Crippen LogP contribution in [0.25, 0.3) is 6.08 Å². The van der Waals surface area contributed by atoms with Crippen LogP contribution in [0.4, 0.5) is 10.5 Å². The Hall–Kier alpha value is -2.05. The van der Waals surface area contributed by atoms with E-state index in [1.165, 1.54) is 0 Å². The zero-order valence-electron chi connectivity index (χ0n) is 14.9. The van der Waals surface area contributed by atoms with E-state index in [4.69, 9.17) is 4.74 Å². The average molecular weight is 589 g/mol. The Morgan fingerprint density at radius 2 is 2.00 bits per heavy atom. The van der Waals surface area contributed by atoms with Crippen LogP contribution in [0, 0.1) is 3.57 Å². The number of thioether (sulfide) groups is 1. The molecule has 1 heterocycles. The molecule has 1 aliphatic rings. The van der Waals surface area contributed by atoms with Crippen molar-refractivity contribution in [2.45, 2.75) is 0 Å². The number of aromatic hydroxyl groups is 1. The number of nitrogens with one attached hydrogen (secondary N) is 1. The number of amides is 3. The van der Waals surface area contributed by atoms with Gasteiger partial charge in [-0.1, -0.05) is 0 Å². The van der Waals surface area contributed by atoms with Crippen molar-refractivity contribution in [2.75, 3.05) is 19.0 Å². The fraction of sp³-hybridized carbons (Fsp3) is 0.105. The summed E-state index contributed by atoms with van der Waals surface area (Å²) in [5, 5.41) is 11.9. The molecule has 0 radical (unpaired) electrons. The van der Waals surface area contributed by atoms with Crippen molar-refractivity contribution < 1.29 is 24.2 Å². The van der Waals surface area contributed by atoms with E-state index >= 15 is 0 Å². The molecule has 0 spiro atoms. The zero-order chi connectivity index (χ0) is 21.1. The number of carbonyl (C=O) groups excluding carboxylic acids is 3. The van der Waals surface area contributed by atoms with Gasteiger partial charge in [-0.3, -0.25) is 19.3 Å². The van der Waals surface area contributed by atoms with Gasteiger partial charge >= 0.3 is 0 Å². The Bertz CT molecular complexity index is 1000. The first-order valence-electron chi connectivity index (χ1n) is 8.15. The first kappa shape index (κ1) is 21.7. The van der Waals surface area contributed by atoms with Gasteiger partial charge in [0.2, 0.25) is 5.91 Å². The summed E-state index contributed by atoms with van der Waals surface area (Å²) in [6.07, 6.45) is 1.55. The number of rotatable bonds is 5. The number of carbonyl (C=O) groups is 3. The SMILES string of the molecule is COc1ccc(NC(=O)CN2C(=O)S/C(=C/c3cc(Br)c(O)c(I)c3)C2=O)cc1. The molecule has 0 aromatic heterocycles. The maximum Gasteiger partial charge on any atom is 0.294 e. The van der Waals surface area contributed by atoms with E-state index < -0.39 is 17.1 Å². The minimum atomic E-state index is -0.538. The van der Waals surface area contributed by atoms with E-state index in [1.807, 2.05) is 22.6 Å². The van der Waals surface area contributed by atoms with Crippen molar-refractivity contribution in [3.63, 3.8) is 0 Å². The minimum absolute atomic E-state index is 0.103. The van der Waals surface area contributed by atoms with Gasteiger partial charge in [-0.25, -0.2) is 0 Å². The number of anilines is 1. The normalized spacial score (nSPS) is 15.1. The lowest BCUT2D eigenvalue weighted by Crippen LogP contribution is -2.36. The van der Waals surface area contributed by atoms with Crippen molar-refractivity contribution >= 4 is 79.1 Å². The number of phenols is 1. The number of nitrogens with zero attached hydrogens (tertiary/aromatic N) is 1. The highest BCUT2D eigenvalue weighted by atomic mass is 127. The van der Waals surface area contributed by atoms with Crippen molar-refractivity contribution in [3.8, 4) is 11.5 Å². The van der Waals surface area contributed by atoms with Crippen molar-refractivity contribution in [1.29, 1.82) is 0 Å². The monoisotopic (exact) mass is 588 g/mol. The number of benzene rings is 2. The van der Waals surface area contributed by atoms with E-state index in [9.17, 15) is 19.5 Å². The molecule has 3 amide bonds. The molecule has 2 aromatic carbocycles. The molecule has 2 aromatic rings. The van der Waals surface area contributed by atoms with Gasteiger partial charge in [-0.05, 0) is 98.3 Å². The lowest BCUT2D eigenvalue weighted by atomic mass is 10.2. The Morgan fingerprint density at radius 3 is 2.62 bits per heavy atom.